The molecule has 1 aromatic rings. The van der Waals surface area contributed by atoms with E-state index in [9.17, 15) is 4.79 Å². The lowest BCUT2D eigenvalue weighted by Gasteiger charge is -2.21. The van der Waals surface area contributed by atoms with Gasteiger partial charge in [0.25, 0.3) is 0 Å². The maximum absolute atomic E-state index is 11.7. The Kier molecular flexibility index (Phi) is 7.73. The number of guanidine groups is 1. The average Bonchev–Trinajstić information content (AvgIpc) is 3.08. The minimum atomic E-state index is -0.285. The van der Waals surface area contributed by atoms with Crippen LogP contribution in [-0.2, 0) is 16.0 Å². The Hall–Kier alpha value is -2.08. The van der Waals surface area contributed by atoms with Gasteiger partial charge in [-0.3, -0.25) is 0 Å². The first-order chi connectivity index (χ1) is 12.2. The monoisotopic (exact) mass is 347 g/mol. The van der Waals surface area contributed by atoms with Crippen LogP contribution in [0, 0.1) is 5.92 Å². The molecular weight excluding hydrogens is 318 g/mol. The van der Waals surface area contributed by atoms with Crippen molar-refractivity contribution in [3.05, 3.63) is 35.4 Å². The minimum Gasteiger partial charge on any atom is -0.462 e. The summed E-state index contributed by atoms with van der Waals surface area (Å²) >= 11 is 0. The molecule has 2 rings (SSSR count). The molecular formula is C19H29N3O3. The van der Waals surface area contributed by atoms with E-state index in [1.54, 1.807) is 26.2 Å². The van der Waals surface area contributed by atoms with Gasteiger partial charge in [-0.1, -0.05) is 12.1 Å². The van der Waals surface area contributed by atoms with Gasteiger partial charge in [-0.2, -0.15) is 0 Å². The molecule has 1 fully saturated rings. The van der Waals surface area contributed by atoms with Gasteiger partial charge in [0.15, 0.2) is 5.96 Å². The zero-order valence-electron chi connectivity index (χ0n) is 15.5. The highest BCUT2D eigenvalue weighted by atomic mass is 16.5. The van der Waals surface area contributed by atoms with Crippen molar-refractivity contribution in [1.29, 1.82) is 0 Å². The van der Waals surface area contributed by atoms with Crippen LogP contribution in [0.1, 0.15) is 36.2 Å². The molecule has 1 saturated heterocycles. The van der Waals surface area contributed by atoms with Crippen LogP contribution < -0.4 is 5.32 Å². The molecule has 0 amide bonds. The summed E-state index contributed by atoms with van der Waals surface area (Å²) in [7, 11) is 1.75. The van der Waals surface area contributed by atoms with Gasteiger partial charge in [-0.15, -0.1) is 0 Å². The van der Waals surface area contributed by atoms with Gasteiger partial charge < -0.3 is 19.7 Å². The number of nitrogens with zero attached hydrogens (tertiary/aromatic N) is 2. The number of likely N-dealkylation sites (tertiary alicyclic amines) is 1. The lowest BCUT2D eigenvalue weighted by Crippen LogP contribution is -2.40. The molecule has 1 N–H and O–H groups in total. The standard InChI is InChI=1S/C19H29N3O3/c1-4-20-19(22-11-10-16(13-22)14-24-3)21-12-15-6-8-17(9-7-15)18(23)25-5-2/h6-9,16H,4-5,10-14H2,1-3H3,(H,20,21). The second-order valence-corrected chi connectivity index (χ2v) is 6.14. The smallest absolute Gasteiger partial charge is 0.338 e. The molecule has 1 aromatic carbocycles. The second-order valence-electron chi connectivity index (χ2n) is 6.14. The predicted octanol–water partition coefficient (Wildman–Crippen LogP) is 2.30. The van der Waals surface area contributed by atoms with Gasteiger partial charge in [-0.05, 0) is 38.0 Å². The third-order valence-corrected chi connectivity index (χ3v) is 4.20. The average molecular weight is 347 g/mol. The minimum absolute atomic E-state index is 0.285. The summed E-state index contributed by atoms with van der Waals surface area (Å²) in [5, 5.41) is 3.36. The fraction of sp³-hybridized carbons (Fsp3) is 0.579. The molecule has 1 unspecified atom stereocenters. The Morgan fingerprint density at radius 1 is 1.32 bits per heavy atom. The molecule has 6 nitrogen and oxygen atoms in total. The van der Waals surface area contributed by atoms with Crippen LogP contribution in [0.5, 0.6) is 0 Å². The quantitative estimate of drug-likeness (QED) is 0.466. The fourth-order valence-corrected chi connectivity index (χ4v) is 2.95. The number of ether oxygens (including phenoxy) is 2. The van der Waals surface area contributed by atoms with Crippen LogP contribution in [-0.4, -0.2) is 56.8 Å². The van der Waals surface area contributed by atoms with Crippen molar-refractivity contribution >= 4 is 11.9 Å². The van der Waals surface area contributed by atoms with E-state index in [0.29, 0.717) is 24.6 Å². The number of carbonyl (C=O) groups excluding carboxylic acids is 1. The molecule has 6 heteroatoms. The Balaban J connectivity index is 1.98. The van der Waals surface area contributed by atoms with Crippen molar-refractivity contribution in [2.75, 3.05) is 40.0 Å². The number of benzene rings is 1. The van der Waals surface area contributed by atoms with E-state index >= 15 is 0 Å². The molecule has 1 aliphatic rings. The third-order valence-electron chi connectivity index (χ3n) is 4.20. The molecule has 0 aromatic heterocycles. The summed E-state index contributed by atoms with van der Waals surface area (Å²) in [6.45, 7) is 8.46. The number of methoxy groups -OCH3 is 1. The number of hydrogen-bond donors (Lipinski definition) is 1. The van der Waals surface area contributed by atoms with Crippen molar-refractivity contribution in [1.82, 2.24) is 10.2 Å². The van der Waals surface area contributed by atoms with Crippen molar-refractivity contribution < 1.29 is 14.3 Å². The van der Waals surface area contributed by atoms with E-state index in [1.807, 2.05) is 12.1 Å². The third kappa shape index (κ3) is 5.74. The van der Waals surface area contributed by atoms with Crippen molar-refractivity contribution in [2.24, 2.45) is 10.9 Å². The highest BCUT2D eigenvalue weighted by molar-refractivity contribution is 5.89. The summed E-state index contributed by atoms with van der Waals surface area (Å²) in [6.07, 6.45) is 1.13. The summed E-state index contributed by atoms with van der Waals surface area (Å²) in [5.41, 5.74) is 1.64. The van der Waals surface area contributed by atoms with Gasteiger partial charge in [0.2, 0.25) is 0 Å². The summed E-state index contributed by atoms with van der Waals surface area (Å²) in [5.74, 6) is 1.22. The van der Waals surface area contributed by atoms with E-state index in [1.165, 1.54) is 0 Å². The first-order valence-corrected chi connectivity index (χ1v) is 8.96. The number of rotatable bonds is 7. The number of carbonyl (C=O) groups is 1. The molecule has 1 heterocycles. The fourth-order valence-electron chi connectivity index (χ4n) is 2.95. The van der Waals surface area contributed by atoms with Gasteiger partial charge >= 0.3 is 5.97 Å². The largest absolute Gasteiger partial charge is 0.462 e. The van der Waals surface area contributed by atoms with Gasteiger partial charge in [0.05, 0.1) is 25.3 Å². The highest BCUT2D eigenvalue weighted by Gasteiger charge is 2.24. The van der Waals surface area contributed by atoms with Crippen LogP contribution >= 0.6 is 0 Å². The lowest BCUT2D eigenvalue weighted by molar-refractivity contribution is 0.0526. The molecule has 1 aliphatic heterocycles. The summed E-state index contributed by atoms with van der Waals surface area (Å²) in [4.78, 5) is 18.7. The van der Waals surface area contributed by atoms with Crippen LogP contribution in [0.4, 0.5) is 0 Å². The Labute approximate surface area is 150 Å². The number of esters is 1. The number of aliphatic imine (C=N–C) groups is 1. The first kappa shape index (κ1) is 19.2. The molecule has 25 heavy (non-hydrogen) atoms. The summed E-state index contributed by atoms with van der Waals surface area (Å²) < 4.78 is 10.3. The molecule has 1 atom stereocenters. The zero-order chi connectivity index (χ0) is 18.1. The number of nitrogens with one attached hydrogen (secondary N) is 1. The molecule has 0 bridgehead atoms. The second kappa shape index (κ2) is 10.0. The number of hydrogen-bond acceptors (Lipinski definition) is 4. The van der Waals surface area contributed by atoms with Gasteiger partial charge in [-0.25, -0.2) is 9.79 Å². The first-order valence-electron chi connectivity index (χ1n) is 8.96. The van der Waals surface area contributed by atoms with Crippen LogP contribution in [0.25, 0.3) is 0 Å². The van der Waals surface area contributed by atoms with Crippen LogP contribution in [0.15, 0.2) is 29.3 Å². The van der Waals surface area contributed by atoms with E-state index in [-0.39, 0.29) is 5.97 Å². The Morgan fingerprint density at radius 2 is 2.08 bits per heavy atom. The maximum atomic E-state index is 11.7. The lowest BCUT2D eigenvalue weighted by atomic mass is 10.1. The molecule has 138 valence electrons. The maximum Gasteiger partial charge on any atom is 0.338 e. The normalized spacial score (nSPS) is 17.6. The molecule has 0 aliphatic carbocycles. The topological polar surface area (TPSA) is 63.2 Å². The van der Waals surface area contributed by atoms with Crippen molar-refractivity contribution in [3.63, 3.8) is 0 Å². The van der Waals surface area contributed by atoms with Crippen LogP contribution in [0.2, 0.25) is 0 Å². The van der Waals surface area contributed by atoms with Crippen LogP contribution in [0.3, 0.4) is 0 Å². The van der Waals surface area contributed by atoms with E-state index in [2.05, 4.69) is 17.1 Å². The van der Waals surface area contributed by atoms with Gasteiger partial charge in [0.1, 0.15) is 0 Å². The van der Waals surface area contributed by atoms with E-state index in [4.69, 9.17) is 14.5 Å². The van der Waals surface area contributed by atoms with Gasteiger partial charge in [0, 0.05) is 32.7 Å². The Bertz CT molecular complexity index is 572. The SMILES string of the molecule is CCNC(=NCc1ccc(C(=O)OCC)cc1)N1CCC(COC)C1. The molecule has 0 spiro atoms. The predicted molar refractivity (Wildman–Crippen MR) is 98.8 cm³/mol. The van der Waals surface area contributed by atoms with Crippen molar-refractivity contribution in [3.8, 4) is 0 Å². The van der Waals surface area contributed by atoms with E-state index < -0.39 is 0 Å². The Morgan fingerprint density at radius 3 is 2.72 bits per heavy atom. The zero-order valence-corrected chi connectivity index (χ0v) is 15.5. The summed E-state index contributed by atoms with van der Waals surface area (Å²) in [6, 6.07) is 7.44. The molecule has 0 saturated carbocycles. The highest BCUT2D eigenvalue weighted by Crippen LogP contribution is 2.17. The van der Waals surface area contributed by atoms with Crippen molar-refractivity contribution in [2.45, 2.75) is 26.8 Å². The van der Waals surface area contributed by atoms with E-state index in [0.717, 1.165) is 44.2 Å². The molecule has 0 radical (unpaired) electrons.